The Morgan fingerprint density at radius 3 is 2.50 bits per heavy atom. The molecule has 20 heavy (non-hydrogen) atoms. The summed E-state index contributed by atoms with van der Waals surface area (Å²) in [6, 6.07) is 9.67. The first-order chi connectivity index (χ1) is 9.65. The predicted octanol–water partition coefficient (Wildman–Crippen LogP) is 2.36. The summed E-state index contributed by atoms with van der Waals surface area (Å²) < 4.78 is 5.61. The van der Waals surface area contributed by atoms with E-state index >= 15 is 0 Å². The van der Waals surface area contributed by atoms with E-state index in [1.54, 1.807) is 0 Å². The number of methoxy groups -OCH3 is 1. The van der Waals surface area contributed by atoms with E-state index in [9.17, 15) is 0 Å². The average molecular weight is 274 g/mol. The van der Waals surface area contributed by atoms with Gasteiger partial charge in [-0.25, -0.2) is 0 Å². The Morgan fingerprint density at radius 1 is 1.30 bits per heavy atom. The number of ether oxygens (including phenoxy) is 1. The molecule has 0 bridgehead atoms. The van der Waals surface area contributed by atoms with Crippen molar-refractivity contribution < 1.29 is 4.74 Å². The van der Waals surface area contributed by atoms with E-state index in [2.05, 4.69) is 36.2 Å². The first kappa shape index (κ1) is 14.1. The lowest BCUT2D eigenvalue weighted by Gasteiger charge is -2.20. The Balaban J connectivity index is 1.67. The molecule has 0 aromatic heterocycles. The number of likely N-dealkylation sites (tertiary alicyclic amines) is 1. The van der Waals surface area contributed by atoms with Crippen LogP contribution < -0.4 is 5.73 Å². The van der Waals surface area contributed by atoms with Gasteiger partial charge in [0.15, 0.2) is 0 Å². The van der Waals surface area contributed by atoms with Gasteiger partial charge in [0, 0.05) is 26.1 Å². The van der Waals surface area contributed by atoms with E-state index in [0.29, 0.717) is 12.0 Å². The minimum atomic E-state index is 0.149. The molecule has 2 N–H and O–H groups in total. The molecule has 0 spiro atoms. The second-order valence-electron chi connectivity index (χ2n) is 6.60. The van der Waals surface area contributed by atoms with E-state index in [0.717, 1.165) is 19.5 Å². The number of benzene rings is 1. The quantitative estimate of drug-likeness (QED) is 0.896. The summed E-state index contributed by atoms with van der Waals surface area (Å²) in [6.45, 7) is 1.92. The number of hydrogen-bond acceptors (Lipinski definition) is 3. The first-order valence-electron chi connectivity index (χ1n) is 7.70. The van der Waals surface area contributed by atoms with E-state index in [1.807, 2.05) is 7.11 Å². The van der Waals surface area contributed by atoms with Gasteiger partial charge < -0.3 is 10.5 Å². The summed E-state index contributed by atoms with van der Waals surface area (Å²) in [5.74, 6) is 0.646. The van der Waals surface area contributed by atoms with Gasteiger partial charge in [-0.3, -0.25) is 4.90 Å². The van der Waals surface area contributed by atoms with Gasteiger partial charge in [-0.05, 0) is 49.9 Å². The molecular weight excluding hydrogens is 248 g/mol. The highest BCUT2D eigenvalue weighted by Crippen LogP contribution is 2.42. The molecule has 1 aliphatic heterocycles. The molecule has 1 aliphatic carbocycles. The monoisotopic (exact) mass is 274 g/mol. The number of rotatable bonds is 5. The second-order valence-corrected chi connectivity index (χ2v) is 6.60. The standard InChI is InChI=1S/C17H26N2O/c1-19-12-14(11-18)9-16(19)15-5-3-13(4-6-15)10-17(20-2)7-8-17/h3-6,14,16H,7-12,18H2,1-2H3. The highest BCUT2D eigenvalue weighted by Gasteiger charge is 2.42. The Hall–Kier alpha value is -0.900. The van der Waals surface area contributed by atoms with Crippen molar-refractivity contribution in [2.75, 3.05) is 27.2 Å². The molecule has 3 nitrogen and oxygen atoms in total. The van der Waals surface area contributed by atoms with Gasteiger partial charge in [0.05, 0.1) is 5.60 Å². The third-order valence-corrected chi connectivity index (χ3v) is 5.10. The lowest BCUT2D eigenvalue weighted by Crippen LogP contribution is -2.20. The van der Waals surface area contributed by atoms with E-state index in [-0.39, 0.29) is 5.60 Å². The normalized spacial score (nSPS) is 28.8. The zero-order valence-electron chi connectivity index (χ0n) is 12.6. The molecule has 1 saturated heterocycles. The molecule has 3 heteroatoms. The van der Waals surface area contributed by atoms with Gasteiger partial charge in [-0.1, -0.05) is 24.3 Å². The van der Waals surface area contributed by atoms with Crippen LogP contribution in [0, 0.1) is 5.92 Å². The Kier molecular flexibility index (Phi) is 3.85. The minimum absolute atomic E-state index is 0.149. The van der Waals surface area contributed by atoms with E-state index < -0.39 is 0 Å². The molecule has 1 aromatic carbocycles. The Morgan fingerprint density at radius 2 is 2.00 bits per heavy atom. The van der Waals surface area contributed by atoms with E-state index in [4.69, 9.17) is 10.5 Å². The molecule has 0 radical (unpaired) electrons. The molecule has 2 unspecified atom stereocenters. The van der Waals surface area contributed by atoms with Crippen LogP contribution in [0.1, 0.15) is 36.4 Å². The van der Waals surface area contributed by atoms with Crippen LogP contribution in [-0.4, -0.2) is 37.7 Å². The van der Waals surface area contributed by atoms with Crippen molar-refractivity contribution >= 4 is 0 Å². The average Bonchev–Trinajstić information content (AvgIpc) is 3.14. The van der Waals surface area contributed by atoms with Crippen molar-refractivity contribution in [3.8, 4) is 0 Å². The number of nitrogens with zero attached hydrogens (tertiary/aromatic N) is 1. The summed E-state index contributed by atoms with van der Waals surface area (Å²) >= 11 is 0. The molecule has 1 aromatic rings. The summed E-state index contributed by atoms with van der Waals surface area (Å²) in [5.41, 5.74) is 8.78. The van der Waals surface area contributed by atoms with Crippen molar-refractivity contribution in [2.24, 2.45) is 11.7 Å². The van der Waals surface area contributed by atoms with Crippen molar-refractivity contribution in [3.05, 3.63) is 35.4 Å². The second kappa shape index (κ2) is 5.47. The van der Waals surface area contributed by atoms with Crippen LogP contribution in [0.15, 0.2) is 24.3 Å². The third-order valence-electron chi connectivity index (χ3n) is 5.10. The van der Waals surface area contributed by atoms with Crippen LogP contribution in [0.2, 0.25) is 0 Å². The van der Waals surface area contributed by atoms with Crippen LogP contribution in [0.25, 0.3) is 0 Å². The fourth-order valence-electron chi connectivity index (χ4n) is 3.49. The summed E-state index contributed by atoms with van der Waals surface area (Å²) in [6.07, 6.45) is 4.65. The molecule has 2 fully saturated rings. The first-order valence-corrected chi connectivity index (χ1v) is 7.70. The van der Waals surface area contributed by atoms with Gasteiger partial charge in [0.2, 0.25) is 0 Å². The van der Waals surface area contributed by atoms with Gasteiger partial charge in [0.25, 0.3) is 0 Å². The smallest absolute Gasteiger partial charge is 0.0721 e. The van der Waals surface area contributed by atoms with Gasteiger partial charge in [0.1, 0.15) is 0 Å². The topological polar surface area (TPSA) is 38.5 Å². The van der Waals surface area contributed by atoms with Crippen LogP contribution in [0.4, 0.5) is 0 Å². The van der Waals surface area contributed by atoms with Gasteiger partial charge >= 0.3 is 0 Å². The lowest BCUT2D eigenvalue weighted by molar-refractivity contribution is 0.0807. The molecule has 3 rings (SSSR count). The predicted molar refractivity (Wildman–Crippen MR) is 81.7 cm³/mol. The summed E-state index contributed by atoms with van der Waals surface area (Å²) in [5, 5.41) is 0. The molecular formula is C17H26N2O. The van der Waals surface area contributed by atoms with Crippen molar-refractivity contribution in [2.45, 2.75) is 37.3 Å². The van der Waals surface area contributed by atoms with Crippen molar-refractivity contribution in [1.29, 1.82) is 0 Å². The van der Waals surface area contributed by atoms with Gasteiger partial charge in [-0.15, -0.1) is 0 Å². The summed E-state index contributed by atoms with van der Waals surface area (Å²) in [4.78, 5) is 2.43. The lowest BCUT2D eigenvalue weighted by atomic mass is 9.97. The molecule has 1 saturated carbocycles. The Bertz CT molecular complexity index is 453. The third kappa shape index (κ3) is 2.76. The zero-order chi connectivity index (χ0) is 14.2. The Labute approximate surface area is 122 Å². The molecule has 2 aliphatic rings. The number of hydrogen-bond donors (Lipinski definition) is 1. The van der Waals surface area contributed by atoms with Crippen LogP contribution in [0.5, 0.6) is 0 Å². The van der Waals surface area contributed by atoms with Crippen LogP contribution in [0.3, 0.4) is 0 Å². The van der Waals surface area contributed by atoms with E-state index in [1.165, 1.54) is 30.4 Å². The maximum Gasteiger partial charge on any atom is 0.0721 e. The van der Waals surface area contributed by atoms with Crippen LogP contribution >= 0.6 is 0 Å². The van der Waals surface area contributed by atoms with Crippen molar-refractivity contribution in [3.63, 3.8) is 0 Å². The summed E-state index contributed by atoms with van der Waals surface area (Å²) in [7, 11) is 4.04. The zero-order valence-corrected chi connectivity index (χ0v) is 12.6. The SMILES string of the molecule is COC1(Cc2ccc(C3CC(CN)CN3C)cc2)CC1. The maximum absolute atomic E-state index is 5.81. The fourth-order valence-corrected chi connectivity index (χ4v) is 3.49. The molecule has 1 heterocycles. The minimum Gasteiger partial charge on any atom is -0.378 e. The number of nitrogens with two attached hydrogens (primary N) is 1. The molecule has 110 valence electrons. The van der Waals surface area contributed by atoms with Crippen LogP contribution in [-0.2, 0) is 11.2 Å². The van der Waals surface area contributed by atoms with Crippen molar-refractivity contribution in [1.82, 2.24) is 4.90 Å². The highest BCUT2D eigenvalue weighted by atomic mass is 16.5. The highest BCUT2D eigenvalue weighted by molar-refractivity contribution is 5.28. The molecule has 2 atom stereocenters. The largest absolute Gasteiger partial charge is 0.378 e. The maximum atomic E-state index is 5.81. The fraction of sp³-hybridized carbons (Fsp3) is 0.647. The molecule has 0 amide bonds. The van der Waals surface area contributed by atoms with Gasteiger partial charge in [-0.2, -0.15) is 0 Å².